The number of carboxylic acid groups (broad SMARTS) is 2. The number of amides is 2. The number of nitro groups is 1. The second kappa shape index (κ2) is 11.3. The van der Waals surface area contributed by atoms with Crippen LogP contribution < -0.4 is 5.32 Å². The Labute approximate surface area is 211 Å². The molecular formula is C23H24N4O9S. The van der Waals surface area contributed by atoms with Gasteiger partial charge in [0.05, 0.1) is 21.4 Å². The van der Waals surface area contributed by atoms with Crippen LogP contribution in [-0.2, 0) is 14.6 Å². The molecule has 2 atom stereocenters. The van der Waals surface area contributed by atoms with Crippen LogP contribution in [0.3, 0.4) is 0 Å². The van der Waals surface area contributed by atoms with Crippen LogP contribution in [0.15, 0.2) is 58.4 Å². The first kappa shape index (κ1) is 27.4. The number of carbonyl (C=O) groups excluding carboxylic acids is 1. The molecule has 0 bridgehead atoms. The maximum Gasteiger partial charge on any atom is 0.344 e. The largest absolute Gasteiger partial charge is 0.481 e. The Morgan fingerprint density at radius 1 is 1.16 bits per heavy atom. The minimum atomic E-state index is -3.76. The standard InChI is InChI=1S/C23H24N4O9S/c1-14-19(22(30)31)20(16-4-2-5-17(12-16)27(33)34)26(23(32)25-14)11-3-10-24-13-37(35,36)18-8-6-15(7-9-18)21(28)29/h2,4-9,12,19-20,24H,3,10-11,13H2,1H3,(H,28,29)(H,30,31). The number of carboxylic acids is 2. The van der Waals surface area contributed by atoms with Gasteiger partial charge in [-0.1, -0.05) is 12.1 Å². The normalized spacial score (nSPS) is 17.8. The molecule has 1 aliphatic rings. The third-order valence-electron chi connectivity index (χ3n) is 5.81. The number of urea groups is 1. The minimum Gasteiger partial charge on any atom is -0.481 e. The molecule has 0 fully saturated rings. The summed E-state index contributed by atoms with van der Waals surface area (Å²) < 4.78 is 25.0. The van der Waals surface area contributed by atoms with Gasteiger partial charge in [0, 0.05) is 24.4 Å². The van der Waals surface area contributed by atoms with Crippen LogP contribution in [0.2, 0.25) is 0 Å². The molecule has 3 rings (SSSR count). The number of aliphatic carboxylic acids is 1. The number of nitro benzene ring substituents is 1. The highest BCUT2D eigenvalue weighted by atomic mass is 32.2. The van der Waals surface area contributed by atoms with Crippen LogP contribution in [0.4, 0.5) is 10.5 Å². The van der Waals surface area contributed by atoms with E-state index >= 15 is 0 Å². The first-order valence-electron chi connectivity index (χ1n) is 11.0. The van der Waals surface area contributed by atoms with Crippen molar-refractivity contribution in [3.8, 4) is 0 Å². The fraction of sp³-hybridized carbons (Fsp3) is 0.304. The quantitative estimate of drug-likeness (QED) is 0.219. The predicted molar refractivity (Wildman–Crippen MR) is 130 cm³/mol. The first-order valence-corrected chi connectivity index (χ1v) is 12.7. The molecule has 0 radical (unpaired) electrons. The molecule has 0 saturated carbocycles. The van der Waals surface area contributed by atoms with Crippen LogP contribution >= 0.6 is 0 Å². The van der Waals surface area contributed by atoms with Gasteiger partial charge in [0.25, 0.3) is 5.69 Å². The molecule has 3 N–H and O–H groups in total. The lowest BCUT2D eigenvalue weighted by atomic mass is 9.86. The van der Waals surface area contributed by atoms with E-state index in [2.05, 4.69) is 10.3 Å². The van der Waals surface area contributed by atoms with Crippen LogP contribution in [0.25, 0.3) is 0 Å². The van der Waals surface area contributed by atoms with Crippen molar-refractivity contribution in [1.82, 2.24) is 10.2 Å². The van der Waals surface area contributed by atoms with Crippen molar-refractivity contribution in [2.24, 2.45) is 10.9 Å². The number of aromatic carboxylic acids is 1. The number of hydrogen-bond donors (Lipinski definition) is 3. The number of carbonyl (C=O) groups is 3. The Bertz CT molecular complexity index is 1360. The van der Waals surface area contributed by atoms with E-state index in [1.165, 1.54) is 60.4 Å². The highest BCUT2D eigenvalue weighted by molar-refractivity contribution is 7.91. The zero-order valence-electron chi connectivity index (χ0n) is 19.6. The first-order chi connectivity index (χ1) is 17.4. The molecule has 1 heterocycles. The van der Waals surface area contributed by atoms with E-state index < -0.39 is 50.6 Å². The molecule has 37 heavy (non-hydrogen) atoms. The molecule has 0 aromatic heterocycles. The summed E-state index contributed by atoms with van der Waals surface area (Å²) in [5.74, 6) is -4.09. The molecule has 14 heteroatoms. The van der Waals surface area contributed by atoms with E-state index in [9.17, 15) is 38.0 Å². The van der Waals surface area contributed by atoms with Crippen molar-refractivity contribution in [3.63, 3.8) is 0 Å². The Morgan fingerprint density at radius 2 is 1.84 bits per heavy atom. The van der Waals surface area contributed by atoms with Crippen LogP contribution in [-0.4, -0.2) is 71.1 Å². The Morgan fingerprint density at radius 3 is 2.43 bits per heavy atom. The number of sulfone groups is 1. The monoisotopic (exact) mass is 532 g/mol. The fourth-order valence-corrected chi connectivity index (χ4v) is 5.15. The molecule has 1 aliphatic heterocycles. The SMILES string of the molecule is CC1=NC(=O)N(CCCNCS(=O)(=O)c2ccc(C(=O)O)cc2)C(c2cccc([N+](=O)[O-])c2)C1C(=O)O. The van der Waals surface area contributed by atoms with Gasteiger partial charge < -0.3 is 20.4 Å². The smallest absolute Gasteiger partial charge is 0.344 e. The average molecular weight is 533 g/mol. The van der Waals surface area contributed by atoms with E-state index in [0.717, 1.165) is 0 Å². The van der Waals surface area contributed by atoms with Crippen LogP contribution in [0.1, 0.15) is 35.3 Å². The van der Waals surface area contributed by atoms with Gasteiger partial charge >= 0.3 is 18.0 Å². The topological polar surface area (TPSA) is 197 Å². The summed E-state index contributed by atoms with van der Waals surface area (Å²) in [6.45, 7) is 1.55. The third kappa shape index (κ3) is 6.34. The third-order valence-corrected chi connectivity index (χ3v) is 7.39. The van der Waals surface area contributed by atoms with Gasteiger partial charge in [-0.05, 0) is 49.7 Å². The lowest BCUT2D eigenvalue weighted by Gasteiger charge is -2.37. The molecule has 0 spiro atoms. The fourth-order valence-electron chi connectivity index (χ4n) is 4.02. The van der Waals surface area contributed by atoms with Gasteiger partial charge in [0.2, 0.25) is 0 Å². The van der Waals surface area contributed by atoms with E-state index in [-0.39, 0.29) is 46.9 Å². The Hall–Kier alpha value is -4.17. The second-order valence-electron chi connectivity index (χ2n) is 8.28. The number of hydrogen-bond acceptors (Lipinski definition) is 8. The number of aliphatic imine (C=N–C) groups is 1. The second-order valence-corrected chi connectivity index (χ2v) is 10.3. The van der Waals surface area contributed by atoms with Gasteiger partial charge in [0.1, 0.15) is 11.8 Å². The molecule has 0 aliphatic carbocycles. The van der Waals surface area contributed by atoms with Gasteiger partial charge in [-0.3, -0.25) is 14.9 Å². The van der Waals surface area contributed by atoms with Gasteiger partial charge in [-0.15, -0.1) is 0 Å². The van der Waals surface area contributed by atoms with E-state index in [1.807, 2.05) is 0 Å². The summed E-state index contributed by atoms with van der Waals surface area (Å²) in [6, 6.07) is 8.43. The average Bonchev–Trinajstić information content (AvgIpc) is 2.84. The van der Waals surface area contributed by atoms with Gasteiger partial charge in [-0.25, -0.2) is 23.0 Å². The molecular weight excluding hydrogens is 508 g/mol. The van der Waals surface area contributed by atoms with Crippen LogP contribution in [0.5, 0.6) is 0 Å². The summed E-state index contributed by atoms with van der Waals surface area (Å²) in [5, 5.41) is 32.7. The molecule has 13 nitrogen and oxygen atoms in total. The summed E-state index contributed by atoms with van der Waals surface area (Å²) in [5.41, 5.74) is 0.0411. The highest BCUT2D eigenvalue weighted by Crippen LogP contribution is 2.35. The van der Waals surface area contributed by atoms with Crippen molar-refractivity contribution < 1.29 is 37.9 Å². The van der Waals surface area contributed by atoms with Gasteiger partial charge in [0.15, 0.2) is 9.84 Å². The van der Waals surface area contributed by atoms with Crippen molar-refractivity contribution >= 4 is 39.2 Å². The number of benzene rings is 2. The van der Waals surface area contributed by atoms with Crippen molar-refractivity contribution in [1.29, 1.82) is 0 Å². The molecule has 2 unspecified atom stereocenters. The number of non-ortho nitro benzene ring substituents is 1. The summed E-state index contributed by atoms with van der Waals surface area (Å²) in [7, 11) is -3.76. The predicted octanol–water partition coefficient (Wildman–Crippen LogP) is 2.34. The molecule has 2 amide bonds. The van der Waals surface area contributed by atoms with Gasteiger partial charge in [-0.2, -0.15) is 0 Å². The maximum absolute atomic E-state index is 12.7. The molecule has 196 valence electrons. The van der Waals surface area contributed by atoms with Crippen molar-refractivity contribution in [3.05, 3.63) is 69.8 Å². The summed E-state index contributed by atoms with van der Waals surface area (Å²) >= 11 is 0. The van der Waals surface area contributed by atoms with E-state index in [0.29, 0.717) is 0 Å². The molecule has 0 saturated heterocycles. The highest BCUT2D eigenvalue weighted by Gasteiger charge is 2.42. The maximum atomic E-state index is 12.7. The lowest BCUT2D eigenvalue weighted by Crippen LogP contribution is -2.47. The zero-order chi connectivity index (χ0) is 27.3. The van der Waals surface area contributed by atoms with E-state index in [4.69, 9.17) is 5.11 Å². The summed E-state index contributed by atoms with van der Waals surface area (Å²) in [6.07, 6.45) is 0.228. The molecule has 2 aromatic rings. The minimum absolute atomic E-state index is 0.00705. The number of nitrogens with zero attached hydrogens (tertiary/aromatic N) is 3. The van der Waals surface area contributed by atoms with Crippen molar-refractivity contribution in [2.45, 2.75) is 24.3 Å². The number of rotatable bonds is 11. The Kier molecular flexibility index (Phi) is 8.35. The van der Waals surface area contributed by atoms with Crippen LogP contribution in [0, 0.1) is 16.0 Å². The Balaban J connectivity index is 1.71. The lowest BCUT2D eigenvalue weighted by molar-refractivity contribution is -0.385. The van der Waals surface area contributed by atoms with Crippen molar-refractivity contribution in [2.75, 3.05) is 19.0 Å². The summed E-state index contributed by atoms with van der Waals surface area (Å²) in [4.78, 5) is 51.3. The molecule has 2 aromatic carbocycles. The number of nitrogens with one attached hydrogen (secondary N) is 1. The van der Waals surface area contributed by atoms with E-state index in [1.54, 1.807) is 0 Å². The zero-order valence-corrected chi connectivity index (χ0v) is 20.4.